The minimum atomic E-state index is -3.44. The highest BCUT2D eigenvalue weighted by Gasteiger charge is 2.25. The molecule has 5 nitrogen and oxygen atoms in total. The average Bonchev–Trinajstić information content (AvgIpc) is 2.38. The van der Waals surface area contributed by atoms with E-state index in [0.29, 0.717) is 17.6 Å². The fraction of sp³-hybridized carbons (Fsp3) is 0.462. The summed E-state index contributed by atoms with van der Waals surface area (Å²) < 4.78 is 24.3. The van der Waals surface area contributed by atoms with Crippen LogP contribution in [0.3, 0.4) is 0 Å². The zero-order chi connectivity index (χ0) is 14.9. The highest BCUT2D eigenvalue weighted by atomic mass is 79.9. The molecule has 1 aromatic rings. The number of carbonyl (C=O) groups is 1. The van der Waals surface area contributed by atoms with Gasteiger partial charge < -0.3 is 9.80 Å². The molecule has 1 amide bonds. The molecule has 0 aromatic heterocycles. The van der Waals surface area contributed by atoms with Gasteiger partial charge in [-0.05, 0) is 25.2 Å². The third-order valence-corrected chi connectivity index (χ3v) is 4.99. The Morgan fingerprint density at radius 1 is 1.20 bits per heavy atom. The number of likely N-dealkylation sites (N-methyl/N-ethyl adjacent to an activating group) is 1. The number of rotatable bonds is 2. The Balaban J connectivity index is 2.35. The molecule has 0 unspecified atom stereocenters. The lowest BCUT2D eigenvalue weighted by atomic mass is 10.2. The lowest BCUT2D eigenvalue weighted by Gasteiger charge is -2.32. The van der Waals surface area contributed by atoms with Gasteiger partial charge in [0.1, 0.15) is 0 Å². The van der Waals surface area contributed by atoms with Gasteiger partial charge in [-0.25, -0.2) is 8.42 Å². The molecular formula is C13H17BrN2O3S. The molecular weight excluding hydrogens is 344 g/mol. The summed E-state index contributed by atoms with van der Waals surface area (Å²) in [6.07, 6.45) is 1.12. The molecule has 1 aromatic carbocycles. The highest BCUT2D eigenvalue weighted by Crippen LogP contribution is 2.23. The van der Waals surface area contributed by atoms with Crippen LogP contribution in [0.1, 0.15) is 10.4 Å². The molecule has 7 heteroatoms. The van der Waals surface area contributed by atoms with Crippen molar-refractivity contribution in [3.63, 3.8) is 0 Å². The second kappa shape index (κ2) is 5.83. The van der Waals surface area contributed by atoms with E-state index in [-0.39, 0.29) is 16.4 Å². The van der Waals surface area contributed by atoms with Crippen LogP contribution < -0.4 is 0 Å². The first-order valence-corrected chi connectivity index (χ1v) is 8.95. The van der Waals surface area contributed by atoms with Gasteiger partial charge in [0.15, 0.2) is 9.84 Å². The maximum absolute atomic E-state index is 12.5. The van der Waals surface area contributed by atoms with E-state index in [2.05, 4.69) is 20.8 Å². The Hall–Kier alpha value is -0.920. The Morgan fingerprint density at radius 3 is 2.35 bits per heavy atom. The third kappa shape index (κ3) is 3.39. The lowest BCUT2D eigenvalue weighted by molar-refractivity contribution is 0.0660. The minimum absolute atomic E-state index is 0.0794. The monoisotopic (exact) mass is 360 g/mol. The number of sulfone groups is 1. The smallest absolute Gasteiger partial charge is 0.255 e. The van der Waals surface area contributed by atoms with Crippen molar-refractivity contribution in [2.24, 2.45) is 0 Å². The van der Waals surface area contributed by atoms with Gasteiger partial charge in [0, 0.05) is 36.9 Å². The topological polar surface area (TPSA) is 57.7 Å². The van der Waals surface area contributed by atoms with Crippen LogP contribution in [0.4, 0.5) is 0 Å². The van der Waals surface area contributed by atoms with Crippen molar-refractivity contribution in [3.8, 4) is 0 Å². The highest BCUT2D eigenvalue weighted by molar-refractivity contribution is 9.10. The second-order valence-electron chi connectivity index (χ2n) is 5.01. The lowest BCUT2D eigenvalue weighted by Crippen LogP contribution is -2.47. The normalized spacial score (nSPS) is 17.2. The molecule has 1 saturated heterocycles. The Morgan fingerprint density at radius 2 is 1.80 bits per heavy atom. The summed E-state index contributed by atoms with van der Waals surface area (Å²) >= 11 is 3.25. The average molecular weight is 361 g/mol. The minimum Gasteiger partial charge on any atom is -0.336 e. The molecule has 1 heterocycles. The number of hydrogen-bond acceptors (Lipinski definition) is 4. The number of carbonyl (C=O) groups excluding carboxylic acids is 1. The van der Waals surface area contributed by atoms with E-state index in [1.54, 1.807) is 17.0 Å². The molecule has 0 atom stereocenters. The van der Waals surface area contributed by atoms with Crippen molar-refractivity contribution in [2.45, 2.75) is 4.90 Å². The molecule has 1 fully saturated rings. The second-order valence-corrected chi connectivity index (χ2v) is 7.91. The van der Waals surface area contributed by atoms with Gasteiger partial charge in [-0.15, -0.1) is 0 Å². The molecule has 1 aliphatic heterocycles. The largest absolute Gasteiger partial charge is 0.336 e. The van der Waals surface area contributed by atoms with Crippen LogP contribution in [0.15, 0.2) is 27.6 Å². The molecule has 1 aliphatic rings. The van der Waals surface area contributed by atoms with E-state index in [1.807, 2.05) is 7.05 Å². The zero-order valence-corrected chi connectivity index (χ0v) is 13.9. The molecule has 0 radical (unpaired) electrons. The number of piperazine rings is 1. The number of benzene rings is 1. The predicted octanol–water partition coefficient (Wildman–Crippen LogP) is 1.24. The number of hydrogen-bond donors (Lipinski definition) is 0. The van der Waals surface area contributed by atoms with Gasteiger partial charge in [0.05, 0.1) is 10.5 Å². The van der Waals surface area contributed by atoms with Gasteiger partial charge >= 0.3 is 0 Å². The molecule has 0 spiro atoms. The van der Waals surface area contributed by atoms with E-state index >= 15 is 0 Å². The van der Waals surface area contributed by atoms with Crippen LogP contribution in [-0.4, -0.2) is 63.6 Å². The molecule has 110 valence electrons. The molecule has 0 aliphatic carbocycles. The van der Waals surface area contributed by atoms with Gasteiger partial charge in [-0.2, -0.15) is 0 Å². The summed E-state index contributed by atoms with van der Waals surface area (Å²) in [6, 6.07) is 4.75. The summed E-state index contributed by atoms with van der Waals surface area (Å²) in [5, 5.41) is 0. The molecule has 2 rings (SSSR count). The quantitative estimate of drug-likeness (QED) is 0.796. The summed E-state index contributed by atoms with van der Waals surface area (Å²) in [5.74, 6) is -0.217. The first kappa shape index (κ1) is 15.5. The van der Waals surface area contributed by atoms with Crippen LogP contribution >= 0.6 is 15.9 Å². The van der Waals surface area contributed by atoms with Gasteiger partial charge in [0.2, 0.25) is 0 Å². The van der Waals surface area contributed by atoms with Crippen molar-refractivity contribution in [2.75, 3.05) is 39.5 Å². The van der Waals surface area contributed by atoms with Crippen molar-refractivity contribution in [1.82, 2.24) is 9.80 Å². The van der Waals surface area contributed by atoms with Crippen molar-refractivity contribution < 1.29 is 13.2 Å². The van der Waals surface area contributed by atoms with E-state index in [0.717, 1.165) is 19.3 Å². The van der Waals surface area contributed by atoms with Gasteiger partial charge in [0.25, 0.3) is 5.91 Å². The van der Waals surface area contributed by atoms with Crippen molar-refractivity contribution >= 4 is 31.7 Å². The molecule has 20 heavy (non-hydrogen) atoms. The standard InChI is InChI=1S/C13H17BrN2O3S/c1-15-5-7-16(8-6-15)13(17)11-4-3-10(14)9-12(11)20(2,18)19/h3-4,9H,5-8H2,1-2H3. The van der Waals surface area contributed by atoms with Crippen LogP contribution in [-0.2, 0) is 9.84 Å². The molecule has 0 bridgehead atoms. The van der Waals surface area contributed by atoms with E-state index < -0.39 is 9.84 Å². The fourth-order valence-electron chi connectivity index (χ4n) is 2.16. The number of halogens is 1. The molecule has 0 N–H and O–H groups in total. The summed E-state index contributed by atoms with van der Waals surface area (Å²) in [4.78, 5) is 16.4. The third-order valence-electron chi connectivity index (χ3n) is 3.36. The van der Waals surface area contributed by atoms with Crippen molar-refractivity contribution in [1.29, 1.82) is 0 Å². The predicted molar refractivity (Wildman–Crippen MR) is 80.7 cm³/mol. The van der Waals surface area contributed by atoms with Gasteiger partial charge in [-0.3, -0.25) is 4.79 Å². The van der Waals surface area contributed by atoms with Crippen LogP contribution in [0.25, 0.3) is 0 Å². The van der Waals surface area contributed by atoms with E-state index in [1.165, 1.54) is 6.07 Å². The Labute approximate surface area is 127 Å². The van der Waals surface area contributed by atoms with Crippen LogP contribution in [0.2, 0.25) is 0 Å². The molecule has 0 saturated carbocycles. The first-order chi connectivity index (χ1) is 9.29. The van der Waals surface area contributed by atoms with Crippen LogP contribution in [0.5, 0.6) is 0 Å². The van der Waals surface area contributed by atoms with Gasteiger partial charge in [-0.1, -0.05) is 15.9 Å². The summed E-state index contributed by atoms with van der Waals surface area (Å²) in [5.41, 5.74) is 0.250. The van der Waals surface area contributed by atoms with Crippen LogP contribution in [0, 0.1) is 0 Å². The Kier molecular flexibility index (Phi) is 4.51. The van der Waals surface area contributed by atoms with E-state index in [4.69, 9.17) is 0 Å². The maximum Gasteiger partial charge on any atom is 0.255 e. The summed E-state index contributed by atoms with van der Waals surface area (Å²) in [7, 11) is -1.43. The fourth-order valence-corrected chi connectivity index (χ4v) is 3.57. The number of nitrogens with zero attached hydrogens (tertiary/aromatic N) is 2. The van der Waals surface area contributed by atoms with Crippen molar-refractivity contribution in [3.05, 3.63) is 28.2 Å². The van der Waals surface area contributed by atoms with E-state index in [9.17, 15) is 13.2 Å². The summed E-state index contributed by atoms with van der Waals surface area (Å²) in [6.45, 7) is 2.84. The maximum atomic E-state index is 12.5. The first-order valence-electron chi connectivity index (χ1n) is 6.26. The Bertz CT molecular complexity index is 623. The zero-order valence-electron chi connectivity index (χ0n) is 11.5. The number of amides is 1. The SMILES string of the molecule is CN1CCN(C(=O)c2ccc(Br)cc2S(C)(=O)=O)CC1.